The Morgan fingerprint density at radius 2 is 2.00 bits per heavy atom. The highest BCUT2D eigenvalue weighted by Gasteiger charge is 2.10. The van der Waals surface area contributed by atoms with Crippen LogP contribution in [0.25, 0.3) is 5.57 Å². The summed E-state index contributed by atoms with van der Waals surface area (Å²) in [5.74, 6) is 0.615. The first-order chi connectivity index (χ1) is 10.4. The summed E-state index contributed by atoms with van der Waals surface area (Å²) in [6.45, 7) is 0. The highest BCUT2D eigenvalue weighted by atomic mass is 15.0. The van der Waals surface area contributed by atoms with Crippen LogP contribution in [0.1, 0.15) is 36.8 Å². The second-order valence-corrected chi connectivity index (χ2v) is 5.20. The van der Waals surface area contributed by atoms with Gasteiger partial charge in [-0.25, -0.2) is 4.98 Å². The highest BCUT2D eigenvalue weighted by molar-refractivity contribution is 5.70. The molecular formula is C18H17N3. The fourth-order valence-corrected chi connectivity index (χ4v) is 2.58. The van der Waals surface area contributed by atoms with Crippen molar-refractivity contribution in [1.29, 1.82) is 5.26 Å². The summed E-state index contributed by atoms with van der Waals surface area (Å²) in [5, 5.41) is 12.6. The van der Waals surface area contributed by atoms with Crippen LogP contribution in [0.2, 0.25) is 0 Å². The molecule has 0 unspecified atom stereocenters. The number of anilines is 2. The molecule has 0 fully saturated rings. The zero-order valence-electron chi connectivity index (χ0n) is 11.8. The summed E-state index contributed by atoms with van der Waals surface area (Å²) >= 11 is 0. The van der Waals surface area contributed by atoms with Gasteiger partial charge in [-0.15, -0.1) is 0 Å². The van der Waals surface area contributed by atoms with E-state index in [0.29, 0.717) is 11.4 Å². The monoisotopic (exact) mass is 275 g/mol. The molecule has 1 aromatic carbocycles. The summed E-state index contributed by atoms with van der Waals surface area (Å²) < 4.78 is 0. The van der Waals surface area contributed by atoms with Gasteiger partial charge in [-0.3, -0.25) is 0 Å². The SMILES string of the molecule is N#Cc1cc(C2=CCCCC2)cnc1Nc1ccccc1. The van der Waals surface area contributed by atoms with E-state index in [1.54, 1.807) is 0 Å². The molecule has 21 heavy (non-hydrogen) atoms. The Hall–Kier alpha value is -2.60. The van der Waals surface area contributed by atoms with Crippen LogP contribution >= 0.6 is 0 Å². The smallest absolute Gasteiger partial charge is 0.148 e. The molecule has 3 heteroatoms. The predicted octanol–water partition coefficient (Wildman–Crippen LogP) is 4.65. The maximum atomic E-state index is 9.37. The topological polar surface area (TPSA) is 48.7 Å². The van der Waals surface area contributed by atoms with Crippen molar-refractivity contribution in [2.75, 3.05) is 5.32 Å². The molecular weight excluding hydrogens is 258 g/mol. The van der Waals surface area contributed by atoms with E-state index in [2.05, 4.69) is 22.4 Å². The number of para-hydroxylation sites is 1. The lowest BCUT2D eigenvalue weighted by molar-refractivity contribution is 0.741. The van der Waals surface area contributed by atoms with Crippen LogP contribution in [0.4, 0.5) is 11.5 Å². The van der Waals surface area contributed by atoms with Gasteiger partial charge in [0.2, 0.25) is 0 Å². The third-order valence-corrected chi connectivity index (χ3v) is 3.71. The maximum Gasteiger partial charge on any atom is 0.148 e. The summed E-state index contributed by atoms with van der Waals surface area (Å²) in [6.07, 6.45) is 8.82. The Kier molecular flexibility index (Phi) is 3.97. The van der Waals surface area contributed by atoms with Gasteiger partial charge in [-0.2, -0.15) is 5.26 Å². The van der Waals surface area contributed by atoms with E-state index in [-0.39, 0.29) is 0 Å². The minimum atomic E-state index is 0.586. The molecule has 104 valence electrons. The lowest BCUT2D eigenvalue weighted by atomic mass is 9.94. The molecule has 0 bridgehead atoms. The van der Waals surface area contributed by atoms with Crippen molar-refractivity contribution in [2.24, 2.45) is 0 Å². The minimum absolute atomic E-state index is 0.586. The minimum Gasteiger partial charge on any atom is -0.339 e. The van der Waals surface area contributed by atoms with E-state index < -0.39 is 0 Å². The molecule has 1 heterocycles. The average Bonchev–Trinajstić information content (AvgIpc) is 2.57. The zero-order valence-corrected chi connectivity index (χ0v) is 11.8. The third kappa shape index (κ3) is 3.11. The number of benzene rings is 1. The summed E-state index contributed by atoms with van der Waals surface area (Å²) in [7, 11) is 0. The Balaban J connectivity index is 1.89. The van der Waals surface area contributed by atoms with E-state index >= 15 is 0 Å². The second kappa shape index (κ2) is 6.23. The van der Waals surface area contributed by atoms with Crippen molar-refractivity contribution in [3.8, 4) is 6.07 Å². The van der Waals surface area contributed by atoms with Crippen LogP contribution in [0.3, 0.4) is 0 Å². The molecule has 0 aliphatic heterocycles. The molecule has 0 radical (unpaired) electrons. The zero-order chi connectivity index (χ0) is 14.5. The van der Waals surface area contributed by atoms with Crippen LogP contribution in [0.15, 0.2) is 48.7 Å². The average molecular weight is 275 g/mol. The van der Waals surface area contributed by atoms with Crippen LogP contribution in [-0.2, 0) is 0 Å². The number of nitrogens with zero attached hydrogens (tertiary/aromatic N) is 2. The first-order valence-corrected chi connectivity index (χ1v) is 7.28. The molecule has 0 atom stereocenters. The molecule has 1 N–H and O–H groups in total. The molecule has 1 aliphatic rings. The van der Waals surface area contributed by atoms with Crippen molar-refractivity contribution in [3.63, 3.8) is 0 Å². The predicted molar refractivity (Wildman–Crippen MR) is 85.1 cm³/mol. The van der Waals surface area contributed by atoms with E-state index in [9.17, 15) is 5.26 Å². The number of aromatic nitrogens is 1. The summed E-state index contributed by atoms with van der Waals surface area (Å²) in [5.41, 5.74) is 3.91. The molecule has 1 aliphatic carbocycles. The molecule has 0 amide bonds. The van der Waals surface area contributed by atoms with E-state index in [1.165, 1.54) is 18.4 Å². The van der Waals surface area contributed by atoms with Crippen molar-refractivity contribution >= 4 is 17.1 Å². The molecule has 0 saturated heterocycles. The lowest BCUT2D eigenvalue weighted by Crippen LogP contribution is -1.99. The number of hydrogen-bond acceptors (Lipinski definition) is 3. The fourth-order valence-electron chi connectivity index (χ4n) is 2.58. The summed E-state index contributed by atoms with van der Waals surface area (Å²) in [4.78, 5) is 4.45. The Bertz CT molecular complexity index is 696. The van der Waals surface area contributed by atoms with Gasteiger partial charge in [0.1, 0.15) is 11.9 Å². The van der Waals surface area contributed by atoms with E-state index in [4.69, 9.17) is 0 Å². The van der Waals surface area contributed by atoms with Crippen molar-refractivity contribution in [2.45, 2.75) is 25.7 Å². The van der Waals surface area contributed by atoms with Gasteiger partial charge in [0.15, 0.2) is 0 Å². The van der Waals surface area contributed by atoms with Crippen molar-refractivity contribution in [3.05, 3.63) is 59.8 Å². The van der Waals surface area contributed by atoms with Gasteiger partial charge < -0.3 is 5.32 Å². The maximum absolute atomic E-state index is 9.37. The largest absolute Gasteiger partial charge is 0.339 e. The van der Waals surface area contributed by atoms with Gasteiger partial charge in [0.05, 0.1) is 5.56 Å². The Morgan fingerprint density at radius 1 is 1.14 bits per heavy atom. The van der Waals surface area contributed by atoms with Gasteiger partial charge in [0.25, 0.3) is 0 Å². The van der Waals surface area contributed by atoms with Crippen LogP contribution in [0.5, 0.6) is 0 Å². The van der Waals surface area contributed by atoms with Crippen LogP contribution in [-0.4, -0.2) is 4.98 Å². The Morgan fingerprint density at radius 3 is 2.71 bits per heavy atom. The quantitative estimate of drug-likeness (QED) is 0.886. The molecule has 3 nitrogen and oxygen atoms in total. The van der Waals surface area contributed by atoms with E-state index in [1.807, 2.05) is 42.6 Å². The number of nitriles is 1. The molecule has 2 aromatic rings. The fraction of sp³-hybridized carbons (Fsp3) is 0.222. The first-order valence-electron chi connectivity index (χ1n) is 7.28. The van der Waals surface area contributed by atoms with Gasteiger partial charge in [-0.1, -0.05) is 24.3 Å². The number of hydrogen-bond donors (Lipinski definition) is 1. The van der Waals surface area contributed by atoms with Gasteiger partial charge in [-0.05, 0) is 55.0 Å². The van der Waals surface area contributed by atoms with Gasteiger partial charge >= 0.3 is 0 Å². The number of pyridine rings is 1. The number of nitrogens with one attached hydrogen (secondary N) is 1. The lowest BCUT2D eigenvalue weighted by Gasteiger charge is -2.14. The second-order valence-electron chi connectivity index (χ2n) is 5.20. The molecule has 3 rings (SSSR count). The number of allylic oxidation sites excluding steroid dienone is 2. The standard InChI is InChI=1S/C18H17N3/c19-12-15-11-16(14-7-3-1-4-8-14)13-20-18(15)21-17-9-5-2-6-10-17/h2,5-7,9-11,13H,1,3-4,8H2,(H,20,21). The molecule has 1 aromatic heterocycles. The Labute approximate surface area is 125 Å². The van der Waals surface area contributed by atoms with Crippen molar-refractivity contribution in [1.82, 2.24) is 4.98 Å². The van der Waals surface area contributed by atoms with Gasteiger partial charge in [0, 0.05) is 11.9 Å². The van der Waals surface area contributed by atoms with Crippen LogP contribution in [0, 0.1) is 11.3 Å². The van der Waals surface area contributed by atoms with Crippen LogP contribution < -0.4 is 5.32 Å². The number of rotatable bonds is 3. The normalized spacial score (nSPS) is 14.1. The highest BCUT2D eigenvalue weighted by Crippen LogP contribution is 2.28. The van der Waals surface area contributed by atoms with Crippen molar-refractivity contribution < 1.29 is 0 Å². The first kappa shape index (κ1) is 13.4. The van der Waals surface area contributed by atoms with E-state index in [0.717, 1.165) is 24.1 Å². The molecule has 0 saturated carbocycles. The summed E-state index contributed by atoms with van der Waals surface area (Å²) in [6, 6.07) is 14.0. The third-order valence-electron chi connectivity index (χ3n) is 3.71. The molecule has 0 spiro atoms.